The zero-order chi connectivity index (χ0) is 17.4. The summed E-state index contributed by atoms with van der Waals surface area (Å²) in [5.74, 6) is 0.0469. The number of fused-ring (bicyclic) bond motifs is 3. The second-order valence-electron chi connectivity index (χ2n) is 7.61. The van der Waals surface area contributed by atoms with Gasteiger partial charge in [0.15, 0.2) is 0 Å². The van der Waals surface area contributed by atoms with E-state index in [-0.39, 0.29) is 5.91 Å². The van der Waals surface area contributed by atoms with Crippen LogP contribution in [0.5, 0.6) is 0 Å². The van der Waals surface area contributed by atoms with Gasteiger partial charge < -0.3 is 14.8 Å². The fourth-order valence-electron chi connectivity index (χ4n) is 4.40. The van der Waals surface area contributed by atoms with Crippen molar-refractivity contribution < 1.29 is 4.79 Å². The van der Waals surface area contributed by atoms with Crippen molar-refractivity contribution >= 4 is 5.91 Å². The number of rotatable bonds is 4. The van der Waals surface area contributed by atoms with Gasteiger partial charge in [0, 0.05) is 24.1 Å². The van der Waals surface area contributed by atoms with Gasteiger partial charge in [0.05, 0.1) is 17.4 Å². The maximum atomic E-state index is 12.8. The minimum Gasteiger partial charge on any atom is -0.351 e. The summed E-state index contributed by atoms with van der Waals surface area (Å²) in [6.07, 6.45) is 7.22. The molecular formula is C20H26N4O. The molecule has 3 saturated heterocycles. The SMILES string of the molecule is Cc1cc(C(=O)NCC23CCN(CC2)CC3)c(C)n1-c1cccnc1. The van der Waals surface area contributed by atoms with Gasteiger partial charge in [0.2, 0.25) is 0 Å². The van der Waals surface area contributed by atoms with Crippen LogP contribution in [0.4, 0.5) is 0 Å². The molecular weight excluding hydrogens is 312 g/mol. The third-order valence-corrected chi connectivity index (χ3v) is 6.08. The van der Waals surface area contributed by atoms with E-state index >= 15 is 0 Å². The summed E-state index contributed by atoms with van der Waals surface area (Å²) in [5, 5.41) is 3.23. The molecule has 2 aromatic heterocycles. The largest absolute Gasteiger partial charge is 0.351 e. The van der Waals surface area contributed by atoms with Crippen LogP contribution >= 0.6 is 0 Å². The fraction of sp³-hybridized carbons (Fsp3) is 0.500. The lowest BCUT2D eigenvalue weighted by Gasteiger charge is -2.48. The molecule has 5 nitrogen and oxygen atoms in total. The minimum atomic E-state index is 0.0469. The van der Waals surface area contributed by atoms with Crippen molar-refractivity contribution in [2.24, 2.45) is 5.41 Å². The van der Waals surface area contributed by atoms with Crippen molar-refractivity contribution in [1.29, 1.82) is 0 Å². The van der Waals surface area contributed by atoms with Crippen LogP contribution in [-0.4, -0.2) is 46.5 Å². The summed E-state index contributed by atoms with van der Waals surface area (Å²) >= 11 is 0. The number of piperidine rings is 3. The van der Waals surface area contributed by atoms with Crippen molar-refractivity contribution in [1.82, 2.24) is 19.8 Å². The van der Waals surface area contributed by atoms with Crippen molar-refractivity contribution in [3.8, 4) is 5.69 Å². The van der Waals surface area contributed by atoms with Gasteiger partial charge in [0.1, 0.15) is 0 Å². The molecule has 0 unspecified atom stereocenters. The standard InChI is InChI=1S/C20H26N4O/c1-15-12-18(16(2)24(15)17-4-3-8-21-13-17)19(25)22-14-20-5-9-23(10-6-20)11-7-20/h3-4,8,12-13H,5-7,9-11,14H2,1-2H3,(H,22,25). The topological polar surface area (TPSA) is 50.2 Å². The Morgan fingerprint density at radius 3 is 2.60 bits per heavy atom. The maximum absolute atomic E-state index is 12.8. The van der Waals surface area contributed by atoms with Crippen LogP contribution in [0.3, 0.4) is 0 Å². The van der Waals surface area contributed by atoms with Gasteiger partial charge in [0.25, 0.3) is 5.91 Å². The predicted molar refractivity (Wildman–Crippen MR) is 98.1 cm³/mol. The molecule has 0 aromatic carbocycles. The maximum Gasteiger partial charge on any atom is 0.253 e. The molecule has 3 fully saturated rings. The number of pyridine rings is 1. The first-order valence-corrected chi connectivity index (χ1v) is 9.18. The van der Waals surface area contributed by atoms with Crippen molar-refractivity contribution in [2.45, 2.75) is 33.1 Å². The molecule has 132 valence electrons. The Morgan fingerprint density at radius 2 is 1.96 bits per heavy atom. The average molecular weight is 338 g/mol. The van der Waals surface area contributed by atoms with Crippen LogP contribution in [0, 0.1) is 19.3 Å². The van der Waals surface area contributed by atoms with Crippen molar-refractivity contribution in [3.63, 3.8) is 0 Å². The van der Waals surface area contributed by atoms with Gasteiger partial charge in [-0.1, -0.05) is 0 Å². The van der Waals surface area contributed by atoms with E-state index in [4.69, 9.17) is 0 Å². The number of carbonyl (C=O) groups is 1. The van der Waals surface area contributed by atoms with Gasteiger partial charge in [-0.15, -0.1) is 0 Å². The molecule has 2 bridgehead atoms. The Morgan fingerprint density at radius 1 is 1.24 bits per heavy atom. The number of nitrogens with zero attached hydrogens (tertiary/aromatic N) is 3. The third-order valence-electron chi connectivity index (χ3n) is 6.08. The summed E-state index contributed by atoms with van der Waals surface area (Å²) in [5.41, 5.74) is 4.11. The number of hydrogen-bond acceptors (Lipinski definition) is 3. The number of aromatic nitrogens is 2. The van der Waals surface area contributed by atoms with Crippen LogP contribution < -0.4 is 5.32 Å². The van der Waals surface area contributed by atoms with Gasteiger partial charge in [-0.05, 0) is 76.4 Å². The first-order valence-electron chi connectivity index (χ1n) is 9.18. The highest BCUT2D eigenvalue weighted by molar-refractivity contribution is 5.96. The van der Waals surface area contributed by atoms with E-state index in [9.17, 15) is 4.79 Å². The Bertz CT molecular complexity index is 759. The Kier molecular flexibility index (Phi) is 4.12. The summed E-state index contributed by atoms with van der Waals surface area (Å²) in [7, 11) is 0. The molecule has 3 aliphatic heterocycles. The molecule has 25 heavy (non-hydrogen) atoms. The highest BCUT2D eigenvalue weighted by Gasteiger charge is 2.39. The molecule has 5 rings (SSSR count). The summed E-state index contributed by atoms with van der Waals surface area (Å²) < 4.78 is 2.10. The lowest BCUT2D eigenvalue weighted by Crippen LogP contribution is -2.52. The van der Waals surface area contributed by atoms with Gasteiger partial charge in [-0.2, -0.15) is 0 Å². The van der Waals surface area contributed by atoms with Gasteiger partial charge in [-0.25, -0.2) is 0 Å². The number of nitrogens with one attached hydrogen (secondary N) is 1. The van der Waals surface area contributed by atoms with E-state index in [1.54, 1.807) is 6.20 Å². The zero-order valence-corrected chi connectivity index (χ0v) is 15.1. The minimum absolute atomic E-state index is 0.0469. The molecule has 2 aromatic rings. The number of amides is 1. The lowest BCUT2D eigenvalue weighted by atomic mass is 9.72. The van der Waals surface area contributed by atoms with E-state index in [2.05, 4.69) is 19.8 Å². The highest BCUT2D eigenvalue weighted by Crippen LogP contribution is 2.39. The monoisotopic (exact) mass is 338 g/mol. The summed E-state index contributed by atoms with van der Waals surface area (Å²) in [6, 6.07) is 5.92. The molecule has 0 atom stereocenters. The second kappa shape index (κ2) is 6.30. The van der Waals surface area contributed by atoms with Crippen LogP contribution in [0.1, 0.15) is 41.0 Å². The second-order valence-corrected chi connectivity index (χ2v) is 7.61. The molecule has 3 aliphatic rings. The van der Waals surface area contributed by atoms with Crippen LogP contribution in [0.2, 0.25) is 0 Å². The molecule has 5 heteroatoms. The molecule has 0 spiro atoms. The zero-order valence-electron chi connectivity index (χ0n) is 15.1. The van der Waals surface area contributed by atoms with Crippen molar-refractivity contribution in [3.05, 3.63) is 47.5 Å². The summed E-state index contributed by atoms with van der Waals surface area (Å²) in [6.45, 7) is 8.40. The smallest absolute Gasteiger partial charge is 0.253 e. The normalized spacial score (nSPS) is 25.1. The predicted octanol–water partition coefficient (Wildman–Crippen LogP) is 2.70. The van der Waals surface area contributed by atoms with Gasteiger partial charge >= 0.3 is 0 Å². The molecule has 0 saturated carbocycles. The molecule has 5 heterocycles. The number of aryl methyl sites for hydroxylation is 1. The van der Waals surface area contributed by atoms with Crippen LogP contribution in [-0.2, 0) is 0 Å². The van der Waals surface area contributed by atoms with E-state index in [0.717, 1.165) is 29.2 Å². The molecule has 1 N–H and O–H groups in total. The number of hydrogen-bond donors (Lipinski definition) is 1. The first kappa shape index (κ1) is 16.3. The lowest BCUT2D eigenvalue weighted by molar-refractivity contribution is 0.0262. The third kappa shape index (κ3) is 2.97. The number of carbonyl (C=O) groups excluding carboxylic acids is 1. The van der Waals surface area contributed by atoms with E-state index in [1.807, 2.05) is 38.2 Å². The van der Waals surface area contributed by atoms with Crippen molar-refractivity contribution in [2.75, 3.05) is 26.2 Å². The Labute approximate surface area is 149 Å². The average Bonchev–Trinajstić information content (AvgIpc) is 2.96. The van der Waals surface area contributed by atoms with E-state index in [1.165, 1.54) is 38.9 Å². The van der Waals surface area contributed by atoms with Crippen LogP contribution in [0.25, 0.3) is 5.69 Å². The molecule has 1 amide bonds. The fourth-order valence-corrected chi connectivity index (χ4v) is 4.40. The molecule has 0 radical (unpaired) electrons. The van der Waals surface area contributed by atoms with Crippen LogP contribution in [0.15, 0.2) is 30.6 Å². The quantitative estimate of drug-likeness (QED) is 0.932. The van der Waals surface area contributed by atoms with Gasteiger partial charge in [-0.3, -0.25) is 9.78 Å². The Hall–Kier alpha value is -2.14. The van der Waals surface area contributed by atoms with E-state index in [0.29, 0.717) is 5.41 Å². The molecule has 0 aliphatic carbocycles. The Balaban J connectivity index is 1.51. The first-order chi connectivity index (χ1) is 12.1. The van der Waals surface area contributed by atoms with E-state index < -0.39 is 0 Å². The summed E-state index contributed by atoms with van der Waals surface area (Å²) in [4.78, 5) is 19.6. The highest BCUT2D eigenvalue weighted by atomic mass is 16.1.